The fourth-order valence-corrected chi connectivity index (χ4v) is 4.76. The highest BCUT2D eigenvalue weighted by Gasteiger charge is 2.42. The van der Waals surface area contributed by atoms with Crippen LogP contribution < -0.4 is 16.4 Å². The number of Topliss-reactive ketones (excluding diaryl/α,β-unsaturated/α-hetero) is 1. The summed E-state index contributed by atoms with van der Waals surface area (Å²) in [6, 6.07) is 0.507. The van der Waals surface area contributed by atoms with E-state index in [1.54, 1.807) is 0 Å². The molecule has 3 atom stereocenters. The number of nitrogens with two attached hydrogens (primary N) is 1. The van der Waals surface area contributed by atoms with Crippen LogP contribution in [0.5, 0.6) is 0 Å². The van der Waals surface area contributed by atoms with Gasteiger partial charge in [-0.2, -0.15) is 11.8 Å². The molecule has 0 aliphatic carbocycles. The summed E-state index contributed by atoms with van der Waals surface area (Å²) >= 11 is 1.93. The smallest absolute Gasteiger partial charge is 0.315 e. The van der Waals surface area contributed by atoms with Gasteiger partial charge in [0.1, 0.15) is 5.78 Å². The minimum absolute atomic E-state index is 0.0383. The number of carbonyl (C=O) groups excluding carboxylic acids is 2. The van der Waals surface area contributed by atoms with E-state index in [4.69, 9.17) is 15.2 Å². The van der Waals surface area contributed by atoms with Gasteiger partial charge in [0.25, 0.3) is 0 Å². The maximum Gasteiger partial charge on any atom is 0.315 e. The van der Waals surface area contributed by atoms with Crippen molar-refractivity contribution in [1.29, 1.82) is 0 Å². The second-order valence-corrected chi connectivity index (χ2v) is 7.80. The summed E-state index contributed by atoms with van der Waals surface area (Å²) in [5.74, 6) is 1.31. The first-order valence-corrected chi connectivity index (χ1v) is 10.3. The van der Waals surface area contributed by atoms with Crippen LogP contribution in [0.25, 0.3) is 0 Å². The molecule has 0 radical (unpaired) electrons. The molecule has 0 aromatic carbocycles. The quantitative estimate of drug-likeness (QED) is 0.311. The summed E-state index contributed by atoms with van der Waals surface area (Å²) in [6.07, 6.45) is 5.05. The lowest BCUT2D eigenvalue weighted by atomic mass is 10.0. The standard InChI is InChI=1S/C17H31N3O4S/c18-7-9-24-11-10-23-8-3-5-13(21)4-1-2-6-15-16-14(12-25-15)19-17(22)20-16/h14-16H,1-12,18H2,(H2,19,20,22). The fourth-order valence-electron chi connectivity index (χ4n) is 3.21. The number of ketones is 1. The number of ether oxygens (including phenoxy) is 2. The van der Waals surface area contributed by atoms with Crippen LogP contribution >= 0.6 is 11.8 Å². The van der Waals surface area contributed by atoms with Crippen molar-refractivity contribution in [3.05, 3.63) is 0 Å². The Labute approximate surface area is 154 Å². The Morgan fingerprint density at radius 3 is 2.64 bits per heavy atom. The van der Waals surface area contributed by atoms with Gasteiger partial charge in [0.05, 0.1) is 31.9 Å². The Bertz CT molecular complexity index is 425. The van der Waals surface area contributed by atoms with Gasteiger partial charge in [-0.1, -0.05) is 6.42 Å². The number of hydrogen-bond donors (Lipinski definition) is 3. The molecule has 0 spiro atoms. The molecular weight excluding hydrogens is 342 g/mol. The van der Waals surface area contributed by atoms with Gasteiger partial charge < -0.3 is 25.8 Å². The molecule has 144 valence electrons. The highest BCUT2D eigenvalue weighted by Crippen LogP contribution is 2.33. The van der Waals surface area contributed by atoms with Gasteiger partial charge in [-0.15, -0.1) is 0 Å². The van der Waals surface area contributed by atoms with Crippen LogP contribution in [0.4, 0.5) is 4.79 Å². The summed E-state index contributed by atoms with van der Waals surface area (Å²) in [6.45, 7) is 2.81. The van der Waals surface area contributed by atoms with Crippen LogP contribution in [-0.2, 0) is 14.3 Å². The van der Waals surface area contributed by atoms with E-state index in [2.05, 4.69) is 10.6 Å². The number of unbranched alkanes of at least 4 members (excludes halogenated alkanes) is 1. The number of fused-ring (bicyclic) bond motifs is 1. The van der Waals surface area contributed by atoms with Gasteiger partial charge in [-0.25, -0.2) is 4.79 Å². The van der Waals surface area contributed by atoms with E-state index in [1.807, 2.05) is 11.8 Å². The Morgan fingerprint density at radius 2 is 1.84 bits per heavy atom. The lowest BCUT2D eigenvalue weighted by Gasteiger charge is -2.16. The summed E-state index contributed by atoms with van der Waals surface area (Å²) in [4.78, 5) is 23.2. The molecule has 0 bridgehead atoms. The zero-order chi connectivity index (χ0) is 17.9. The molecule has 2 fully saturated rings. The summed E-state index contributed by atoms with van der Waals surface area (Å²) in [7, 11) is 0. The van der Waals surface area contributed by atoms with Gasteiger partial charge in [0.2, 0.25) is 0 Å². The van der Waals surface area contributed by atoms with E-state index in [0.717, 1.165) is 31.4 Å². The summed E-state index contributed by atoms with van der Waals surface area (Å²) in [5, 5.41) is 6.44. The second kappa shape index (κ2) is 11.7. The first-order valence-electron chi connectivity index (χ1n) is 9.26. The zero-order valence-corrected chi connectivity index (χ0v) is 15.7. The maximum absolute atomic E-state index is 11.9. The summed E-state index contributed by atoms with van der Waals surface area (Å²) in [5.41, 5.74) is 5.31. The molecule has 2 aliphatic rings. The Hall–Kier alpha value is -0.830. The lowest BCUT2D eigenvalue weighted by molar-refractivity contribution is -0.119. The molecule has 2 saturated heterocycles. The molecule has 2 amide bonds. The summed E-state index contributed by atoms with van der Waals surface area (Å²) < 4.78 is 10.6. The van der Waals surface area contributed by atoms with Crippen molar-refractivity contribution >= 4 is 23.6 Å². The number of carbonyl (C=O) groups is 2. The van der Waals surface area contributed by atoms with Crippen molar-refractivity contribution in [2.24, 2.45) is 5.73 Å². The Kier molecular flexibility index (Phi) is 9.60. The van der Waals surface area contributed by atoms with E-state index >= 15 is 0 Å². The topological polar surface area (TPSA) is 103 Å². The van der Waals surface area contributed by atoms with Gasteiger partial charge in [0, 0.05) is 37.0 Å². The molecule has 0 aromatic heterocycles. The molecular formula is C17H31N3O4S. The van der Waals surface area contributed by atoms with Crippen molar-refractivity contribution in [2.75, 3.05) is 38.7 Å². The van der Waals surface area contributed by atoms with Gasteiger partial charge in [0.15, 0.2) is 0 Å². The third-order valence-electron chi connectivity index (χ3n) is 4.51. The molecule has 4 N–H and O–H groups in total. The number of nitrogens with one attached hydrogen (secondary N) is 2. The minimum Gasteiger partial charge on any atom is -0.379 e. The monoisotopic (exact) mass is 373 g/mol. The normalized spacial score (nSPS) is 24.8. The van der Waals surface area contributed by atoms with Crippen LogP contribution in [0.2, 0.25) is 0 Å². The number of rotatable bonds is 14. The molecule has 2 aliphatic heterocycles. The lowest BCUT2D eigenvalue weighted by Crippen LogP contribution is -2.36. The molecule has 8 heteroatoms. The predicted molar refractivity (Wildman–Crippen MR) is 98.9 cm³/mol. The van der Waals surface area contributed by atoms with Gasteiger partial charge in [-0.3, -0.25) is 4.79 Å². The SMILES string of the molecule is NCCOCCOCCCC(=O)CCCCC1SCC2NC(=O)NC21. The molecule has 0 saturated carbocycles. The number of amides is 2. The highest BCUT2D eigenvalue weighted by atomic mass is 32.2. The van der Waals surface area contributed by atoms with Crippen LogP contribution in [-0.4, -0.2) is 67.9 Å². The predicted octanol–water partition coefficient (Wildman–Crippen LogP) is 1.05. The van der Waals surface area contributed by atoms with E-state index in [0.29, 0.717) is 56.8 Å². The van der Waals surface area contributed by atoms with Crippen LogP contribution in [0.15, 0.2) is 0 Å². The number of thioether (sulfide) groups is 1. The first kappa shape index (κ1) is 20.5. The number of urea groups is 1. The second-order valence-electron chi connectivity index (χ2n) is 6.52. The molecule has 0 aromatic rings. The van der Waals surface area contributed by atoms with Gasteiger partial charge >= 0.3 is 6.03 Å². The largest absolute Gasteiger partial charge is 0.379 e. The van der Waals surface area contributed by atoms with Crippen molar-refractivity contribution in [3.8, 4) is 0 Å². The van der Waals surface area contributed by atoms with E-state index in [1.165, 1.54) is 0 Å². The molecule has 25 heavy (non-hydrogen) atoms. The van der Waals surface area contributed by atoms with Crippen LogP contribution in [0.1, 0.15) is 38.5 Å². The highest BCUT2D eigenvalue weighted by molar-refractivity contribution is 8.00. The van der Waals surface area contributed by atoms with E-state index in [-0.39, 0.29) is 18.1 Å². The maximum atomic E-state index is 11.9. The average molecular weight is 374 g/mol. The molecule has 7 nitrogen and oxygen atoms in total. The Morgan fingerprint density at radius 1 is 1.08 bits per heavy atom. The first-order chi connectivity index (χ1) is 12.2. The average Bonchev–Trinajstić information content (AvgIpc) is 3.13. The van der Waals surface area contributed by atoms with Gasteiger partial charge in [-0.05, 0) is 19.3 Å². The van der Waals surface area contributed by atoms with Crippen molar-refractivity contribution < 1.29 is 19.1 Å². The fraction of sp³-hybridized carbons (Fsp3) is 0.882. The van der Waals surface area contributed by atoms with Crippen molar-refractivity contribution in [1.82, 2.24) is 10.6 Å². The molecule has 2 heterocycles. The Balaban J connectivity index is 1.41. The third-order valence-corrected chi connectivity index (χ3v) is 6.02. The van der Waals surface area contributed by atoms with Crippen LogP contribution in [0, 0.1) is 0 Å². The minimum atomic E-state index is -0.0383. The van der Waals surface area contributed by atoms with E-state index < -0.39 is 0 Å². The van der Waals surface area contributed by atoms with Crippen LogP contribution in [0.3, 0.4) is 0 Å². The number of hydrogen-bond acceptors (Lipinski definition) is 6. The zero-order valence-electron chi connectivity index (χ0n) is 14.8. The van der Waals surface area contributed by atoms with Crippen molar-refractivity contribution in [3.63, 3.8) is 0 Å². The molecule has 2 rings (SSSR count). The van der Waals surface area contributed by atoms with Crippen molar-refractivity contribution in [2.45, 2.75) is 55.9 Å². The third kappa shape index (κ3) is 7.52. The molecule has 3 unspecified atom stereocenters. The van der Waals surface area contributed by atoms with E-state index in [9.17, 15) is 9.59 Å².